The maximum Gasteiger partial charge on any atom is 0.0767 e. The maximum absolute atomic E-state index is 12.1. The summed E-state index contributed by atoms with van der Waals surface area (Å²) in [6.07, 6.45) is 0.751. The zero-order chi connectivity index (χ0) is 14.5. The average molecular weight is 296 g/mol. The maximum atomic E-state index is 12.1. The SMILES string of the molecule is CC1=C(C)S(=O)C(C)=C1CC1=C(C)S(=O)C(C)=C1C. The van der Waals surface area contributed by atoms with Crippen LogP contribution in [0.15, 0.2) is 41.9 Å². The van der Waals surface area contributed by atoms with Gasteiger partial charge in [-0.3, -0.25) is 0 Å². The molecule has 2 nitrogen and oxygen atoms in total. The van der Waals surface area contributed by atoms with E-state index in [0.717, 1.165) is 48.3 Å². The second kappa shape index (κ2) is 4.98. The van der Waals surface area contributed by atoms with Crippen molar-refractivity contribution in [2.45, 2.75) is 48.0 Å². The Kier molecular flexibility index (Phi) is 3.85. The molecule has 0 saturated heterocycles. The van der Waals surface area contributed by atoms with E-state index in [2.05, 4.69) is 0 Å². The Bertz CT molecular complexity index is 587. The van der Waals surface area contributed by atoms with Gasteiger partial charge in [-0.15, -0.1) is 0 Å². The molecule has 0 aliphatic carbocycles. The lowest BCUT2D eigenvalue weighted by Gasteiger charge is -2.09. The first kappa shape index (κ1) is 14.7. The molecule has 0 amide bonds. The minimum atomic E-state index is -0.968. The minimum absolute atomic E-state index is 0.751. The first-order valence-electron chi connectivity index (χ1n) is 6.36. The predicted octanol–water partition coefficient (Wildman–Crippen LogP) is 4.04. The van der Waals surface area contributed by atoms with E-state index in [1.165, 1.54) is 0 Å². The fraction of sp³-hybridized carbons (Fsp3) is 0.467. The van der Waals surface area contributed by atoms with Crippen molar-refractivity contribution >= 4 is 21.6 Å². The Labute approximate surface area is 120 Å². The molecule has 2 aliphatic heterocycles. The fourth-order valence-corrected chi connectivity index (χ4v) is 5.22. The fourth-order valence-electron chi connectivity index (χ4n) is 2.61. The zero-order valence-electron chi connectivity index (χ0n) is 12.3. The Balaban J connectivity index is 2.45. The monoisotopic (exact) mass is 296 g/mol. The summed E-state index contributed by atoms with van der Waals surface area (Å²) in [6.45, 7) is 11.8. The van der Waals surface area contributed by atoms with Crippen molar-refractivity contribution in [1.29, 1.82) is 0 Å². The first-order valence-corrected chi connectivity index (χ1v) is 8.66. The molecule has 0 aromatic heterocycles. The van der Waals surface area contributed by atoms with Crippen molar-refractivity contribution in [2.75, 3.05) is 0 Å². The topological polar surface area (TPSA) is 34.1 Å². The van der Waals surface area contributed by atoms with Crippen LogP contribution in [0.5, 0.6) is 0 Å². The van der Waals surface area contributed by atoms with Crippen LogP contribution < -0.4 is 0 Å². The molecule has 0 bridgehead atoms. The highest BCUT2D eigenvalue weighted by Gasteiger charge is 2.28. The van der Waals surface area contributed by atoms with E-state index in [0.29, 0.717) is 0 Å². The molecule has 0 aromatic rings. The molecule has 4 heteroatoms. The highest BCUT2D eigenvalue weighted by atomic mass is 32.2. The van der Waals surface area contributed by atoms with Gasteiger partial charge < -0.3 is 0 Å². The smallest absolute Gasteiger partial charge is 0.0767 e. The molecule has 0 saturated carbocycles. The van der Waals surface area contributed by atoms with Gasteiger partial charge in [0.1, 0.15) is 0 Å². The molecule has 2 aliphatic rings. The van der Waals surface area contributed by atoms with Gasteiger partial charge in [-0.2, -0.15) is 0 Å². The van der Waals surface area contributed by atoms with Crippen LogP contribution in [0.4, 0.5) is 0 Å². The highest BCUT2D eigenvalue weighted by molar-refractivity contribution is 7.93. The Morgan fingerprint density at radius 3 is 1.16 bits per heavy atom. The summed E-state index contributed by atoms with van der Waals surface area (Å²) >= 11 is 0. The van der Waals surface area contributed by atoms with E-state index >= 15 is 0 Å². The van der Waals surface area contributed by atoms with Gasteiger partial charge in [0.2, 0.25) is 0 Å². The van der Waals surface area contributed by atoms with Crippen LogP contribution in [0.1, 0.15) is 48.0 Å². The average Bonchev–Trinajstić information content (AvgIpc) is 2.68. The minimum Gasteiger partial charge on any atom is -0.250 e. The molecule has 2 rings (SSSR count). The molecule has 2 heterocycles. The van der Waals surface area contributed by atoms with E-state index in [1.807, 2.05) is 41.5 Å². The van der Waals surface area contributed by atoms with Gasteiger partial charge in [0.15, 0.2) is 0 Å². The molecule has 0 fully saturated rings. The quantitative estimate of drug-likeness (QED) is 0.771. The van der Waals surface area contributed by atoms with E-state index in [4.69, 9.17) is 0 Å². The summed E-state index contributed by atoms with van der Waals surface area (Å²) in [5.74, 6) is 0. The van der Waals surface area contributed by atoms with E-state index in [1.54, 1.807) is 0 Å². The van der Waals surface area contributed by atoms with Crippen LogP contribution in [-0.2, 0) is 21.6 Å². The van der Waals surface area contributed by atoms with Gasteiger partial charge in [0.05, 0.1) is 21.6 Å². The normalized spacial score (nSPS) is 28.3. The number of allylic oxidation sites excluding steroid dienone is 8. The van der Waals surface area contributed by atoms with E-state index in [9.17, 15) is 8.42 Å². The van der Waals surface area contributed by atoms with E-state index in [-0.39, 0.29) is 0 Å². The molecule has 0 spiro atoms. The summed E-state index contributed by atoms with van der Waals surface area (Å²) in [4.78, 5) is 3.84. The molecule has 0 radical (unpaired) electrons. The summed E-state index contributed by atoms with van der Waals surface area (Å²) in [7, 11) is -1.94. The Morgan fingerprint density at radius 2 is 0.947 bits per heavy atom. The van der Waals surface area contributed by atoms with Crippen molar-refractivity contribution < 1.29 is 8.42 Å². The van der Waals surface area contributed by atoms with E-state index < -0.39 is 21.6 Å². The molecule has 19 heavy (non-hydrogen) atoms. The third kappa shape index (κ3) is 2.15. The van der Waals surface area contributed by atoms with Crippen LogP contribution in [0.3, 0.4) is 0 Å². The summed E-state index contributed by atoms with van der Waals surface area (Å²) in [6, 6.07) is 0. The molecular formula is C15H20O2S2. The highest BCUT2D eigenvalue weighted by Crippen LogP contribution is 2.41. The summed E-state index contributed by atoms with van der Waals surface area (Å²) < 4.78 is 24.2. The standard InChI is InChI=1S/C15H20O2S2/c1-8-10(3)18(16)12(5)14(8)7-15-9(2)11(4)19(17)13(15)6/h7H2,1-6H3. The van der Waals surface area contributed by atoms with Crippen LogP contribution in [-0.4, -0.2) is 8.42 Å². The lowest BCUT2D eigenvalue weighted by molar-refractivity contribution is 0.689. The molecule has 2 atom stereocenters. The Morgan fingerprint density at radius 1 is 0.632 bits per heavy atom. The Hall–Kier alpha value is -0.740. The van der Waals surface area contributed by atoms with Gasteiger partial charge in [-0.25, -0.2) is 8.42 Å². The molecular weight excluding hydrogens is 276 g/mol. The summed E-state index contributed by atoms with van der Waals surface area (Å²) in [5.41, 5.74) is 4.60. The lowest BCUT2D eigenvalue weighted by Crippen LogP contribution is -1.93. The molecule has 0 N–H and O–H groups in total. The number of hydrogen-bond donors (Lipinski definition) is 0. The predicted molar refractivity (Wildman–Crippen MR) is 83.0 cm³/mol. The van der Waals surface area contributed by atoms with Gasteiger partial charge in [0, 0.05) is 19.6 Å². The first-order chi connectivity index (χ1) is 8.77. The van der Waals surface area contributed by atoms with Crippen molar-refractivity contribution in [1.82, 2.24) is 0 Å². The van der Waals surface area contributed by atoms with Crippen LogP contribution >= 0.6 is 0 Å². The summed E-state index contributed by atoms with van der Waals surface area (Å²) in [5, 5.41) is 0. The number of hydrogen-bond acceptors (Lipinski definition) is 2. The largest absolute Gasteiger partial charge is 0.250 e. The van der Waals surface area contributed by atoms with Crippen LogP contribution in [0, 0.1) is 0 Å². The van der Waals surface area contributed by atoms with Gasteiger partial charge in [-0.1, -0.05) is 0 Å². The molecule has 104 valence electrons. The molecule has 2 unspecified atom stereocenters. The lowest BCUT2D eigenvalue weighted by atomic mass is 9.94. The van der Waals surface area contributed by atoms with Gasteiger partial charge in [0.25, 0.3) is 0 Å². The van der Waals surface area contributed by atoms with Crippen LogP contribution in [0.2, 0.25) is 0 Å². The van der Waals surface area contributed by atoms with Crippen LogP contribution in [0.25, 0.3) is 0 Å². The van der Waals surface area contributed by atoms with Crippen molar-refractivity contribution in [2.24, 2.45) is 0 Å². The van der Waals surface area contributed by atoms with Crippen molar-refractivity contribution in [3.8, 4) is 0 Å². The van der Waals surface area contributed by atoms with Crippen molar-refractivity contribution in [3.63, 3.8) is 0 Å². The number of rotatable bonds is 2. The zero-order valence-corrected chi connectivity index (χ0v) is 14.0. The second-order valence-electron chi connectivity index (χ2n) is 5.15. The third-order valence-corrected chi connectivity index (χ3v) is 7.61. The van der Waals surface area contributed by atoms with Gasteiger partial charge >= 0.3 is 0 Å². The second-order valence-corrected chi connectivity index (χ2v) is 8.67. The van der Waals surface area contributed by atoms with Gasteiger partial charge in [-0.05, 0) is 70.3 Å². The third-order valence-electron chi connectivity index (χ3n) is 4.28. The van der Waals surface area contributed by atoms with Crippen molar-refractivity contribution in [3.05, 3.63) is 41.9 Å². The molecule has 0 aromatic carbocycles.